The average molecular weight is 335 g/mol. The highest BCUT2D eigenvalue weighted by atomic mass is 16.5. The number of likely N-dealkylation sites (N-methyl/N-ethyl adjacent to an activating group) is 1. The van der Waals surface area contributed by atoms with E-state index in [1.807, 2.05) is 36.4 Å². The normalized spacial score (nSPS) is 14.2. The Morgan fingerprint density at radius 3 is 2.68 bits per heavy atom. The molecule has 1 saturated heterocycles. The first kappa shape index (κ1) is 15.7. The number of ether oxygens (including phenoxy) is 1. The van der Waals surface area contributed by atoms with Crippen LogP contribution in [0.5, 0.6) is 0 Å². The molecule has 128 valence electrons. The van der Waals surface area contributed by atoms with Crippen molar-refractivity contribution in [3.8, 4) is 5.69 Å². The standard InChI is InChI=1S/C19H21N5O/c1-14-8-9-15(10-18(14)23(2)17-11-25-12-17)21-19-20-13-24(22-19)16-6-4-3-5-7-16/h3-10,13,17H,11-12H2,1-2H3,(H,21,22). The van der Waals surface area contributed by atoms with Gasteiger partial charge in [0.15, 0.2) is 0 Å². The first-order valence-corrected chi connectivity index (χ1v) is 8.36. The van der Waals surface area contributed by atoms with Crippen molar-refractivity contribution in [2.24, 2.45) is 0 Å². The third-order valence-electron chi connectivity index (χ3n) is 4.53. The Morgan fingerprint density at radius 2 is 1.96 bits per heavy atom. The molecule has 2 heterocycles. The van der Waals surface area contributed by atoms with Crippen molar-refractivity contribution < 1.29 is 4.74 Å². The summed E-state index contributed by atoms with van der Waals surface area (Å²) in [5, 5.41) is 7.79. The predicted molar refractivity (Wildman–Crippen MR) is 98.8 cm³/mol. The summed E-state index contributed by atoms with van der Waals surface area (Å²) in [6.07, 6.45) is 1.71. The Labute approximate surface area is 147 Å². The number of anilines is 3. The zero-order valence-electron chi connectivity index (χ0n) is 14.4. The van der Waals surface area contributed by atoms with Crippen LogP contribution in [0.4, 0.5) is 17.3 Å². The van der Waals surface area contributed by atoms with E-state index in [0.717, 1.165) is 24.6 Å². The van der Waals surface area contributed by atoms with E-state index in [1.165, 1.54) is 11.3 Å². The number of hydrogen-bond acceptors (Lipinski definition) is 5. The Hall–Kier alpha value is -2.86. The largest absolute Gasteiger partial charge is 0.377 e. The smallest absolute Gasteiger partial charge is 0.246 e. The number of hydrogen-bond donors (Lipinski definition) is 1. The topological polar surface area (TPSA) is 55.2 Å². The number of benzene rings is 2. The molecule has 3 aromatic rings. The van der Waals surface area contributed by atoms with E-state index in [9.17, 15) is 0 Å². The second kappa shape index (κ2) is 6.57. The fourth-order valence-electron chi connectivity index (χ4n) is 2.87. The van der Waals surface area contributed by atoms with Crippen LogP contribution in [-0.2, 0) is 4.74 Å². The van der Waals surface area contributed by atoms with Crippen LogP contribution in [-0.4, -0.2) is 41.1 Å². The highest BCUT2D eigenvalue weighted by Gasteiger charge is 2.24. The summed E-state index contributed by atoms with van der Waals surface area (Å²) < 4.78 is 7.07. The van der Waals surface area contributed by atoms with Crippen LogP contribution in [0.25, 0.3) is 5.69 Å². The lowest BCUT2D eigenvalue weighted by atomic mass is 10.1. The van der Waals surface area contributed by atoms with Crippen LogP contribution in [0.3, 0.4) is 0 Å². The minimum absolute atomic E-state index is 0.448. The Balaban J connectivity index is 1.54. The highest BCUT2D eigenvalue weighted by molar-refractivity contribution is 5.65. The fraction of sp³-hybridized carbons (Fsp3) is 0.263. The summed E-state index contributed by atoms with van der Waals surface area (Å²) in [7, 11) is 2.11. The second-order valence-electron chi connectivity index (χ2n) is 6.28. The molecule has 6 heteroatoms. The van der Waals surface area contributed by atoms with Crippen LogP contribution in [0.2, 0.25) is 0 Å². The third kappa shape index (κ3) is 3.21. The summed E-state index contributed by atoms with van der Waals surface area (Å²) >= 11 is 0. The van der Waals surface area contributed by atoms with Gasteiger partial charge in [-0.3, -0.25) is 0 Å². The Kier molecular flexibility index (Phi) is 4.11. The van der Waals surface area contributed by atoms with Gasteiger partial charge < -0.3 is 15.0 Å². The van der Waals surface area contributed by atoms with Gasteiger partial charge in [-0.15, -0.1) is 5.10 Å². The molecule has 1 aromatic heterocycles. The SMILES string of the molecule is Cc1ccc(Nc2ncn(-c3ccccc3)n2)cc1N(C)C1COC1. The van der Waals surface area contributed by atoms with Gasteiger partial charge >= 0.3 is 0 Å². The van der Waals surface area contributed by atoms with E-state index in [1.54, 1.807) is 11.0 Å². The van der Waals surface area contributed by atoms with E-state index in [2.05, 4.69) is 46.4 Å². The molecule has 1 aliphatic heterocycles. The Morgan fingerprint density at radius 1 is 1.16 bits per heavy atom. The van der Waals surface area contributed by atoms with Crippen molar-refractivity contribution in [1.82, 2.24) is 14.8 Å². The van der Waals surface area contributed by atoms with Gasteiger partial charge in [-0.25, -0.2) is 4.68 Å². The van der Waals surface area contributed by atoms with Gasteiger partial charge in [-0.05, 0) is 36.8 Å². The minimum Gasteiger partial charge on any atom is -0.377 e. The van der Waals surface area contributed by atoms with E-state index >= 15 is 0 Å². The lowest BCUT2D eigenvalue weighted by Gasteiger charge is -2.37. The first-order valence-electron chi connectivity index (χ1n) is 8.36. The van der Waals surface area contributed by atoms with Crippen molar-refractivity contribution in [3.05, 3.63) is 60.4 Å². The minimum atomic E-state index is 0.448. The molecule has 0 amide bonds. The molecule has 6 nitrogen and oxygen atoms in total. The van der Waals surface area contributed by atoms with E-state index in [0.29, 0.717) is 12.0 Å². The molecular weight excluding hydrogens is 314 g/mol. The third-order valence-corrected chi connectivity index (χ3v) is 4.53. The Bertz CT molecular complexity index is 857. The maximum atomic E-state index is 5.31. The van der Waals surface area contributed by atoms with E-state index in [-0.39, 0.29) is 0 Å². The highest BCUT2D eigenvalue weighted by Crippen LogP contribution is 2.27. The van der Waals surface area contributed by atoms with E-state index < -0.39 is 0 Å². The molecule has 0 saturated carbocycles. The average Bonchev–Trinajstić information content (AvgIpc) is 3.04. The maximum absolute atomic E-state index is 5.31. The molecule has 4 rings (SSSR count). The molecule has 0 atom stereocenters. The zero-order chi connectivity index (χ0) is 17.2. The molecule has 0 aliphatic carbocycles. The van der Waals surface area contributed by atoms with Crippen molar-refractivity contribution >= 4 is 17.3 Å². The molecule has 0 unspecified atom stereocenters. The van der Waals surface area contributed by atoms with Crippen molar-refractivity contribution in [1.29, 1.82) is 0 Å². The molecule has 1 aliphatic rings. The van der Waals surface area contributed by atoms with Gasteiger partial charge in [0.2, 0.25) is 5.95 Å². The molecular formula is C19H21N5O. The number of aryl methyl sites for hydroxylation is 1. The lowest BCUT2D eigenvalue weighted by Crippen LogP contribution is -2.47. The summed E-state index contributed by atoms with van der Waals surface area (Å²) in [4.78, 5) is 6.63. The van der Waals surface area contributed by atoms with Gasteiger partial charge in [-0.1, -0.05) is 24.3 Å². The molecule has 25 heavy (non-hydrogen) atoms. The van der Waals surface area contributed by atoms with Crippen molar-refractivity contribution in [3.63, 3.8) is 0 Å². The zero-order valence-corrected chi connectivity index (χ0v) is 14.4. The van der Waals surface area contributed by atoms with Gasteiger partial charge in [-0.2, -0.15) is 4.98 Å². The van der Waals surface area contributed by atoms with Gasteiger partial charge in [0, 0.05) is 18.4 Å². The molecule has 1 fully saturated rings. The van der Waals surface area contributed by atoms with Crippen LogP contribution in [0.1, 0.15) is 5.56 Å². The quantitative estimate of drug-likeness (QED) is 0.776. The summed E-state index contributed by atoms with van der Waals surface area (Å²) in [6.45, 7) is 3.70. The fourth-order valence-corrected chi connectivity index (χ4v) is 2.87. The van der Waals surface area contributed by atoms with Crippen molar-refractivity contribution in [2.45, 2.75) is 13.0 Å². The van der Waals surface area contributed by atoms with Gasteiger partial charge in [0.1, 0.15) is 6.33 Å². The van der Waals surface area contributed by atoms with Gasteiger partial charge in [0.25, 0.3) is 0 Å². The number of rotatable bonds is 5. The number of nitrogens with zero attached hydrogens (tertiary/aromatic N) is 4. The van der Waals surface area contributed by atoms with Crippen molar-refractivity contribution in [2.75, 3.05) is 30.5 Å². The van der Waals surface area contributed by atoms with E-state index in [4.69, 9.17) is 4.74 Å². The van der Waals surface area contributed by atoms with Crippen LogP contribution in [0.15, 0.2) is 54.9 Å². The lowest BCUT2D eigenvalue weighted by molar-refractivity contribution is 0.0101. The molecule has 0 spiro atoms. The monoisotopic (exact) mass is 335 g/mol. The molecule has 0 radical (unpaired) electrons. The van der Waals surface area contributed by atoms with Crippen LogP contribution >= 0.6 is 0 Å². The first-order chi connectivity index (χ1) is 12.2. The van der Waals surface area contributed by atoms with Crippen LogP contribution < -0.4 is 10.2 Å². The molecule has 2 aromatic carbocycles. The predicted octanol–water partition coefficient (Wildman–Crippen LogP) is 3.15. The molecule has 1 N–H and O–H groups in total. The molecule has 0 bridgehead atoms. The summed E-state index contributed by atoms with van der Waals surface area (Å²) in [5.74, 6) is 0.577. The number of aromatic nitrogens is 3. The second-order valence-corrected chi connectivity index (χ2v) is 6.28. The maximum Gasteiger partial charge on any atom is 0.246 e. The number of para-hydroxylation sites is 1. The van der Waals surface area contributed by atoms with Gasteiger partial charge in [0.05, 0.1) is 24.9 Å². The van der Waals surface area contributed by atoms with Crippen LogP contribution in [0, 0.1) is 6.92 Å². The summed E-state index contributed by atoms with van der Waals surface area (Å²) in [5.41, 5.74) is 4.39. The summed E-state index contributed by atoms with van der Waals surface area (Å²) in [6, 6.07) is 16.7. The number of nitrogens with one attached hydrogen (secondary N) is 1.